The second-order valence-electron chi connectivity index (χ2n) is 5.98. The van der Waals surface area contributed by atoms with E-state index in [1.165, 1.54) is 12.5 Å². The Hall–Kier alpha value is -2.27. The average Bonchev–Trinajstić information content (AvgIpc) is 2.58. The van der Waals surface area contributed by atoms with Gasteiger partial charge in [0.1, 0.15) is 5.75 Å². The third-order valence-electron chi connectivity index (χ3n) is 3.99. The molecule has 0 amide bonds. The van der Waals surface area contributed by atoms with Crippen molar-refractivity contribution >= 4 is 0 Å². The Morgan fingerprint density at radius 2 is 1.88 bits per heavy atom. The molecule has 1 heterocycles. The van der Waals surface area contributed by atoms with E-state index in [1.807, 2.05) is 24.3 Å². The Bertz CT molecular complexity index is 708. The number of hydrogen-bond donors (Lipinski definition) is 1. The van der Waals surface area contributed by atoms with Crippen molar-refractivity contribution in [3.63, 3.8) is 0 Å². The zero-order valence-corrected chi connectivity index (χ0v) is 14.7. The van der Waals surface area contributed by atoms with E-state index >= 15 is 0 Å². The summed E-state index contributed by atoms with van der Waals surface area (Å²) in [7, 11) is 2.13. The predicted molar refractivity (Wildman–Crippen MR) is 96.3 cm³/mol. The molecule has 0 radical (unpaired) electrons. The van der Waals surface area contributed by atoms with Crippen LogP contribution in [0.25, 0.3) is 5.69 Å². The van der Waals surface area contributed by atoms with Crippen LogP contribution in [-0.2, 0) is 0 Å². The first-order chi connectivity index (χ1) is 11.5. The van der Waals surface area contributed by atoms with Gasteiger partial charge in [0.2, 0.25) is 5.43 Å². The highest BCUT2D eigenvalue weighted by Gasteiger charge is 2.07. The fraction of sp³-hybridized carbons (Fsp3) is 0.421. The molecule has 1 aromatic carbocycles. The van der Waals surface area contributed by atoms with E-state index in [9.17, 15) is 9.90 Å². The number of aromatic nitrogens is 1. The van der Waals surface area contributed by atoms with Crippen LogP contribution in [0.4, 0.5) is 0 Å². The molecule has 0 saturated heterocycles. The lowest BCUT2D eigenvalue weighted by atomic mass is 10.2. The first-order valence-corrected chi connectivity index (χ1v) is 8.36. The predicted octanol–water partition coefficient (Wildman–Crippen LogP) is 2.96. The van der Waals surface area contributed by atoms with Crippen LogP contribution in [0.2, 0.25) is 0 Å². The first kappa shape index (κ1) is 18.1. The fourth-order valence-electron chi connectivity index (χ4n) is 2.63. The van der Waals surface area contributed by atoms with Crippen molar-refractivity contribution in [1.82, 2.24) is 9.47 Å². The molecule has 0 saturated carbocycles. The number of nitrogens with zero attached hydrogens (tertiary/aromatic N) is 2. The van der Waals surface area contributed by atoms with Gasteiger partial charge in [-0.05, 0) is 57.6 Å². The molecular weight excluding hydrogens is 304 g/mol. The molecule has 0 aliphatic rings. The van der Waals surface area contributed by atoms with Crippen molar-refractivity contribution in [2.45, 2.75) is 26.7 Å². The van der Waals surface area contributed by atoms with Crippen molar-refractivity contribution in [3.05, 3.63) is 52.4 Å². The molecule has 0 aliphatic carbocycles. The summed E-state index contributed by atoms with van der Waals surface area (Å²) in [6, 6.07) is 8.99. The number of hydrogen-bond acceptors (Lipinski definition) is 4. The van der Waals surface area contributed by atoms with E-state index in [0.29, 0.717) is 12.3 Å². The average molecular weight is 330 g/mol. The minimum atomic E-state index is -0.364. The molecule has 0 spiro atoms. The molecule has 2 aromatic rings. The zero-order valence-electron chi connectivity index (χ0n) is 14.7. The van der Waals surface area contributed by atoms with Crippen molar-refractivity contribution in [3.8, 4) is 17.2 Å². The summed E-state index contributed by atoms with van der Waals surface area (Å²) in [6.45, 7) is 6.72. The van der Waals surface area contributed by atoms with Crippen molar-refractivity contribution in [1.29, 1.82) is 0 Å². The highest BCUT2D eigenvalue weighted by atomic mass is 16.5. The van der Waals surface area contributed by atoms with E-state index in [1.54, 1.807) is 17.7 Å². The Kier molecular flexibility index (Phi) is 6.44. The lowest BCUT2D eigenvalue weighted by Gasteiger charge is -2.15. The van der Waals surface area contributed by atoms with Crippen LogP contribution in [0.5, 0.6) is 11.5 Å². The maximum Gasteiger partial charge on any atom is 0.223 e. The molecule has 5 heteroatoms. The van der Waals surface area contributed by atoms with Gasteiger partial charge in [-0.3, -0.25) is 4.79 Å². The highest BCUT2D eigenvalue weighted by molar-refractivity contribution is 5.41. The van der Waals surface area contributed by atoms with Crippen molar-refractivity contribution < 1.29 is 9.84 Å². The minimum Gasteiger partial charge on any atom is -0.503 e. The molecule has 0 bridgehead atoms. The van der Waals surface area contributed by atoms with Crippen molar-refractivity contribution in [2.24, 2.45) is 0 Å². The highest BCUT2D eigenvalue weighted by Crippen LogP contribution is 2.19. The quantitative estimate of drug-likeness (QED) is 0.756. The third kappa shape index (κ3) is 4.61. The maximum absolute atomic E-state index is 11.4. The Morgan fingerprint density at radius 1 is 1.17 bits per heavy atom. The molecule has 0 atom stereocenters. The van der Waals surface area contributed by atoms with Gasteiger partial charge in [-0.1, -0.05) is 6.92 Å². The summed E-state index contributed by atoms with van der Waals surface area (Å²) >= 11 is 0. The van der Waals surface area contributed by atoms with Crippen LogP contribution >= 0.6 is 0 Å². The molecular formula is C19H26N2O3. The molecule has 24 heavy (non-hydrogen) atoms. The van der Waals surface area contributed by atoms with Crippen LogP contribution in [0.15, 0.2) is 41.3 Å². The van der Waals surface area contributed by atoms with E-state index in [2.05, 4.69) is 18.9 Å². The molecule has 2 rings (SSSR count). The number of aromatic hydroxyl groups is 1. The summed E-state index contributed by atoms with van der Waals surface area (Å²) < 4.78 is 7.54. The summed E-state index contributed by atoms with van der Waals surface area (Å²) in [5.41, 5.74) is 1.03. The second-order valence-corrected chi connectivity index (χ2v) is 5.98. The van der Waals surface area contributed by atoms with E-state index < -0.39 is 0 Å². The first-order valence-electron chi connectivity index (χ1n) is 8.36. The number of pyridine rings is 1. The van der Waals surface area contributed by atoms with Gasteiger partial charge in [-0.15, -0.1) is 0 Å². The van der Waals surface area contributed by atoms with Gasteiger partial charge in [0.05, 0.1) is 12.3 Å². The molecule has 0 unspecified atom stereocenters. The summed E-state index contributed by atoms with van der Waals surface area (Å²) in [4.78, 5) is 13.7. The van der Waals surface area contributed by atoms with Crippen LogP contribution in [0.1, 0.15) is 25.5 Å². The van der Waals surface area contributed by atoms with Gasteiger partial charge in [0.25, 0.3) is 0 Å². The Labute approximate surface area is 143 Å². The lowest BCUT2D eigenvalue weighted by molar-refractivity contribution is 0.263. The van der Waals surface area contributed by atoms with Gasteiger partial charge in [0, 0.05) is 24.5 Å². The number of rotatable bonds is 8. The maximum atomic E-state index is 11.4. The summed E-state index contributed by atoms with van der Waals surface area (Å²) in [5, 5.41) is 9.77. The Balaban J connectivity index is 1.94. The topological polar surface area (TPSA) is 54.7 Å². The largest absolute Gasteiger partial charge is 0.503 e. The summed E-state index contributed by atoms with van der Waals surface area (Å²) in [6.07, 6.45) is 3.82. The monoisotopic (exact) mass is 330 g/mol. The second kappa shape index (κ2) is 8.55. The Morgan fingerprint density at radius 3 is 2.54 bits per heavy atom. The molecule has 1 N–H and O–H groups in total. The van der Waals surface area contributed by atoms with Crippen LogP contribution in [-0.4, -0.2) is 41.3 Å². The zero-order chi connectivity index (χ0) is 17.5. The normalized spacial score (nSPS) is 11.0. The molecule has 130 valence electrons. The van der Waals surface area contributed by atoms with Gasteiger partial charge < -0.3 is 19.3 Å². The number of benzene rings is 1. The molecule has 1 aromatic heterocycles. The van der Waals surface area contributed by atoms with Gasteiger partial charge in [-0.2, -0.15) is 0 Å². The minimum absolute atomic E-state index is 0.214. The summed E-state index contributed by atoms with van der Waals surface area (Å²) in [5.74, 6) is 0.605. The SMILES string of the molecule is CCCN(C)CCCOc1ccc(-n2ccc(=O)c(O)c2C)cc1. The van der Waals surface area contributed by atoms with Crippen LogP contribution < -0.4 is 10.2 Å². The molecule has 0 aliphatic heterocycles. The van der Waals surface area contributed by atoms with Crippen molar-refractivity contribution in [2.75, 3.05) is 26.7 Å². The van der Waals surface area contributed by atoms with Crippen LogP contribution in [0, 0.1) is 6.92 Å². The van der Waals surface area contributed by atoms with Gasteiger partial charge in [-0.25, -0.2) is 0 Å². The molecule has 0 fully saturated rings. The van der Waals surface area contributed by atoms with Gasteiger partial charge in [0.15, 0.2) is 5.75 Å². The van der Waals surface area contributed by atoms with E-state index in [4.69, 9.17) is 4.74 Å². The number of ether oxygens (including phenoxy) is 1. The standard InChI is InChI=1S/C19H26N2O3/c1-4-11-20(3)12-5-14-24-17-8-6-16(7-9-17)21-13-10-18(22)19(23)15(21)2/h6-10,13,23H,4-5,11-12,14H2,1-3H3. The molecule has 5 nitrogen and oxygen atoms in total. The van der Waals surface area contributed by atoms with Crippen LogP contribution in [0.3, 0.4) is 0 Å². The van der Waals surface area contributed by atoms with Gasteiger partial charge >= 0.3 is 0 Å². The smallest absolute Gasteiger partial charge is 0.223 e. The third-order valence-corrected chi connectivity index (χ3v) is 3.99. The van der Waals surface area contributed by atoms with E-state index in [0.717, 1.165) is 30.9 Å². The van der Waals surface area contributed by atoms with E-state index in [-0.39, 0.29) is 11.2 Å². The fourth-order valence-corrected chi connectivity index (χ4v) is 2.63. The lowest BCUT2D eigenvalue weighted by Crippen LogP contribution is -2.21.